The molecule has 0 aromatic heterocycles. The molecule has 1 aliphatic rings. The Balaban J connectivity index is 2.15. The van der Waals surface area contributed by atoms with Gasteiger partial charge >= 0.3 is 0 Å². The van der Waals surface area contributed by atoms with Gasteiger partial charge in [0.05, 0.1) is 0 Å². The maximum absolute atomic E-state index is 10.8. The highest BCUT2D eigenvalue weighted by Gasteiger charge is 2.36. The van der Waals surface area contributed by atoms with Crippen LogP contribution in [0.5, 0.6) is 0 Å². The zero-order valence-corrected chi connectivity index (χ0v) is 10.8. The van der Waals surface area contributed by atoms with Crippen molar-refractivity contribution in [2.24, 2.45) is 5.92 Å². The standard InChI is InChI=1S/C15H23NO/c1-3-12-9-10-16-14(11-12)15(2,17)13-7-5-4-6-8-13/h4-8,12,14,16-17H,3,9-11H2,1-2H3. The molecule has 2 nitrogen and oxygen atoms in total. The van der Waals surface area contributed by atoms with Crippen LogP contribution in [0.3, 0.4) is 0 Å². The molecule has 17 heavy (non-hydrogen) atoms. The van der Waals surface area contributed by atoms with E-state index >= 15 is 0 Å². The van der Waals surface area contributed by atoms with Gasteiger partial charge in [0.15, 0.2) is 0 Å². The van der Waals surface area contributed by atoms with Crippen LogP contribution >= 0.6 is 0 Å². The van der Waals surface area contributed by atoms with Crippen molar-refractivity contribution in [3.8, 4) is 0 Å². The minimum absolute atomic E-state index is 0.170. The first-order valence-corrected chi connectivity index (χ1v) is 6.66. The van der Waals surface area contributed by atoms with E-state index in [1.807, 2.05) is 37.3 Å². The zero-order chi connectivity index (χ0) is 12.3. The predicted octanol–water partition coefficient (Wildman–Crippen LogP) is 2.67. The fourth-order valence-electron chi connectivity index (χ4n) is 2.77. The summed E-state index contributed by atoms with van der Waals surface area (Å²) >= 11 is 0. The van der Waals surface area contributed by atoms with Crippen LogP contribution in [-0.4, -0.2) is 17.7 Å². The van der Waals surface area contributed by atoms with Gasteiger partial charge in [0.2, 0.25) is 0 Å². The van der Waals surface area contributed by atoms with E-state index in [9.17, 15) is 5.11 Å². The van der Waals surface area contributed by atoms with Crippen LogP contribution in [0.15, 0.2) is 30.3 Å². The van der Waals surface area contributed by atoms with Crippen LogP contribution in [0.4, 0.5) is 0 Å². The third-order valence-corrected chi connectivity index (χ3v) is 4.13. The van der Waals surface area contributed by atoms with Gasteiger partial charge in [-0.05, 0) is 37.8 Å². The van der Waals surface area contributed by atoms with E-state index in [4.69, 9.17) is 0 Å². The molecule has 1 aromatic rings. The molecule has 2 heteroatoms. The van der Waals surface area contributed by atoms with Gasteiger partial charge in [0.25, 0.3) is 0 Å². The van der Waals surface area contributed by atoms with E-state index in [2.05, 4.69) is 12.2 Å². The lowest BCUT2D eigenvalue weighted by atomic mass is 9.79. The van der Waals surface area contributed by atoms with Crippen molar-refractivity contribution in [2.75, 3.05) is 6.54 Å². The van der Waals surface area contributed by atoms with Gasteiger partial charge in [-0.1, -0.05) is 43.7 Å². The molecule has 1 heterocycles. The molecule has 0 spiro atoms. The maximum Gasteiger partial charge on any atom is 0.102 e. The summed E-state index contributed by atoms with van der Waals surface area (Å²) in [6.45, 7) is 5.19. The number of nitrogens with one attached hydrogen (secondary N) is 1. The Kier molecular flexibility index (Phi) is 3.85. The molecular formula is C15H23NO. The molecule has 94 valence electrons. The van der Waals surface area contributed by atoms with E-state index < -0.39 is 5.60 Å². The van der Waals surface area contributed by atoms with E-state index in [0.717, 1.165) is 24.4 Å². The van der Waals surface area contributed by atoms with Crippen LogP contribution in [0.25, 0.3) is 0 Å². The highest BCUT2D eigenvalue weighted by molar-refractivity contribution is 5.23. The first-order chi connectivity index (χ1) is 8.14. The largest absolute Gasteiger partial charge is 0.384 e. The third kappa shape index (κ3) is 2.70. The van der Waals surface area contributed by atoms with Gasteiger partial charge in [-0.3, -0.25) is 0 Å². The third-order valence-electron chi connectivity index (χ3n) is 4.13. The summed E-state index contributed by atoms with van der Waals surface area (Å²) in [6, 6.07) is 10.2. The van der Waals surface area contributed by atoms with Crippen molar-refractivity contribution in [2.45, 2.75) is 44.8 Å². The summed E-state index contributed by atoms with van der Waals surface area (Å²) in [5.41, 5.74) is 0.240. The van der Waals surface area contributed by atoms with Gasteiger partial charge in [0.1, 0.15) is 5.60 Å². The lowest BCUT2D eigenvalue weighted by molar-refractivity contribution is -0.00309. The fourth-order valence-corrected chi connectivity index (χ4v) is 2.77. The Morgan fingerprint density at radius 2 is 2.06 bits per heavy atom. The Labute approximate surface area is 104 Å². The van der Waals surface area contributed by atoms with Crippen LogP contribution in [-0.2, 0) is 5.60 Å². The molecule has 1 aromatic carbocycles. The number of hydrogen-bond acceptors (Lipinski definition) is 2. The molecule has 2 rings (SSSR count). The van der Waals surface area contributed by atoms with Crippen molar-refractivity contribution in [3.05, 3.63) is 35.9 Å². The van der Waals surface area contributed by atoms with E-state index in [1.54, 1.807) is 0 Å². The second-order valence-electron chi connectivity index (χ2n) is 5.32. The van der Waals surface area contributed by atoms with Gasteiger partial charge in [0, 0.05) is 6.04 Å². The predicted molar refractivity (Wildman–Crippen MR) is 70.8 cm³/mol. The number of hydrogen-bond donors (Lipinski definition) is 2. The molecule has 0 saturated carbocycles. The van der Waals surface area contributed by atoms with Gasteiger partial charge in [-0.25, -0.2) is 0 Å². The number of aliphatic hydroxyl groups is 1. The normalized spacial score (nSPS) is 28.6. The van der Waals surface area contributed by atoms with E-state index in [-0.39, 0.29) is 6.04 Å². The van der Waals surface area contributed by atoms with Crippen LogP contribution in [0, 0.1) is 5.92 Å². The SMILES string of the molecule is CCC1CCNC(C(C)(O)c2ccccc2)C1. The highest BCUT2D eigenvalue weighted by Crippen LogP contribution is 2.32. The second kappa shape index (κ2) is 5.19. The first-order valence-electron chi connectivity index (χ1n) is 6.66. The molecule has 0 bridgehead atoms. The van der Waals surface area contributed by atoms with Crippen LogP contribution in [0.1, 0.15) is 38.7 Å². The summed E-state index contributed by atoms with van der Waals surface area (Å²) in [7, 11) is 0. The van der Waals surface area contributed by atoms with Crippen LogP contribution in [0.2, 0.25) is 0 Å². The zero-order valence-electron chi connectivity index (χ0n) is 10.8. The summed E-state index contributed by atoms with van der Waals surface area (Å²) in [5, 5.41) is 14.2. The Morgan fingerprint density at radius 3 is 2.71 bits per heavy atom. The molecule has 0 aliphatic carbocycles. The monoisotopic (exact) mass is 233 g/mol. The Hall–Kier alpha value is -0.860. The quantitative estimate of drug-likeness (QED) is 0.841. The van der Waals surface area contributed by atoms with E-state index in [0.29, 0.717) is 0 Å². The minimum Gasteiger partial charge on any atom is -0.384 e. The molecule has 3 atom stereocenters. The molecule has 1 fully saturated rings. The molecule has 3 unspecified atom stereocenters. The molecule has 0 radical (unpaired) electrons. The average molecular weight is 233 g/mol. The van der Waals surface area contributed by atoms with Crippen molar-refractivity contribution in [1.82, 2.24) is 5.32 Å². The molecule has 1 aliphatic heterocycles. The summed E-state index contributed by atoms with van der Waals surface area (Å²) in [5.74, 6) is 0.747. The Bertz CT molecular complexity index is 347. The van der Waals surface area contributed by atoms with Gasteiger partial charge in [-0.2, -0.15) is 0 Å². The number of benzene rings is 1. The number of rotatable bonds is 3. The van der Waals surface area contributed by atoms with Crippen molar-refractivity contribution >= 4 is 0 Å². The highest BCUT2D eigenvalue weighted by atomic mass is 16.3. The molecule has 2 N–H and O–H groups in total. The minimum atomic E-state index is -0.769. The van der Waals surface area contributed by atoms with Crippen LogP contribution < -0.4 is 5.32 Å². The van der Waals surface area contributed by atoms with Crippen molar-refractivity contribution in [3.63, 3.8) is 0 Å². The van der Waals surface area contributed by atoms with Crippen molar-refractivity contribution in [1.29, 1.82) is 0 Å². The lowest BCUT2D eigenvalue weighted by Gasteiger charge is -2.39. The molecular weight excluding hydrogens is 210 g/mol. The number of piperidine rings is 1. The van der Waals surface area contributed by atoms with Gasteiger partial charge < -0.3 is 10.4 Å². The first kappa shape index (κ1) is 12.6. The summed E-state index contributed by atoms with van der Waals surface area (Å²) in [4.78, 5) is 0. The average Bonchev–Trinajstić information content (AvgIpc) is 2.40. The second-order valence-corrected chi connectivity index (χ2v) is 5.32. The fraction of sp³-hybridized carbons (Fsp3) is 0.600. The molecule has 1 saturated heterocycles. The topological polar surface area (TPSA) is 32.3 Å². The summed E-state index contributed by atoms with van der Waals surface area (Å²) < 4.78 is 0. The van der Waals surface area contributed by atoms with E-state index in [1.165, 1.54) is 12.8 Å². The van der Waals surface area contributed by atoms with Gasteiger partial charge in [-0.15, -0.1) is 0 Å². The smallest absolute Gasteiger partial charge is 0.102 e. The van der Waals surface area contributed by atoms with Crippen molar-refractivity contribution < 1.29 is 5.11 Å². The molecule has 0 amide bonds. The lowest BCUT2D eigenvalue weighted by Crippen LogP contribution is -2.51. The Morgan fingerprint density at radius 1 is 1.35 bits per heavy atom. The summed E-state index contributed by atoms with van der Waals surface area (Å²) in [6.07, 6.45) is 3.51. The maximum atomic E-state index is 10.8.